The van der Waals surface area contributed by atoms with Gasteiger partial charge in [-0.05, 0) is 24.6 Å². The van der Waals surface area contributed by atoms with E-state index in [0.717, 1.165) is 10.7 Å². The molecule has 21 heavy (non-hydrogen) atoms. The molecule has 2 N–H and O–H groups in total. The number of nitrogens with zero attached hydrogens (tertiary/aromatic N) is 1. The second kappa shape index (κ2) is 6.32. The van der Waals surface area contributed by atoms with E-state index in [0.29, 0.717) is 5.56 Å². The minimum Gasteiger partial charge on any atom is -0.468 e. The van der Waals surface area contributed by atoms with Gasteiger partial charge in [-0.25, -0.2) is 9.37 Å². The van der Waals surface area contributed by atoms with Crippen LogP contribution >= 0.6 is 11.3 Å². The normalized spacial score (nSPS) is 13.7. The minimum atomic E-state index is -1.13. The number of hydrogen-bond acceptors (Lipinski definition) is 5. The number of ether oxygens (including phenoxy) is 1. The van der Waals surface area contributed by atoms with Gasteiger partial charge in [0.1, 0.15) is 11.2 Å². The summed E-state index contributed by atoms with van der Waals surface area (Å²) in [5, 5.41) is 2.78. The molecule has 0 saturated carbocycles. The summed E-state index contributed by atoms with van der Waals surface area (Å²) in [6.45, 7) is 1.90. The quantitative estimate of drug-likeness (QED) is 0.860. The van der Waals surface area contributed by atoms with Crippen molar-refractivity contribution < 1.29 is 13.9 Å². The first-order valence-electron chi connectivity index (χ1n) is 6.47. The summed E-state index contributed by atoms with van der Waals surface area (Å²) >= 11 is 1.50. The lowest BCUT2D eigenvalue weighted by atomic mass is 9.76. The summed E-state index contributed by atoms with van der Waals surface area (Å²) < 4.78 is 18.5. The van der Waals surface area contributed by atoms with Crippen molar-refractivity contribution in [2.75, 3.05) is 13.7 Å². The van der Waals surface area contributed by atoms with Crippen molar-refractivity contribution in [1.29, 1.82) is 0 Å². The fourth-order valence-electron chi connectivity index (χ4n) is 2.35. The molecule has 0 spiro atoms. The molecule has 1 aromatic heterocycles. The van der Waals surface area contributed by atoms with Crippen molar-refractivity contribution >= 4 is 17.3 Å². The van der Waals surface area contributed by atoms with Gasteiger partial charge >= 0.3 is 5.97 Å². The molecule has 112 valence electrons. The zero-order valence-electron chi connectivity index (χ0n) is 11.9. The largest absolute Gasteiger partial charge is 0.468 e. The summed E-state index contributed by atoms with van der Waals surface area (Å²) in [5.41, 5.74) is 6.00. The van der Waals surface area contributed by atoms with E-state index in [1.807, 2.05) is 12.3 Å². The minimum absolute atomic E-state index is 0.0136. The predicted octanol–water partition coefficient (Wildman–Crippen LogP) is 2.20. The van der Waals surface area contributed by atoms with Crippen molar-refractivity contribution in [2.24, 2.45) is 5.73 Å². The number of methoxy groups -OCH3 is 1. The van der Waals surface area contributed by atoms with Crippen LogP contribution in [-0.4, -0.2) is 24.6 Å². The number of aryl methyl sites for hydroxylation is 1. The van der Waals surface area contributed by atoms with E-state index in [1.165, 1.54) is 30.6 Å². The molecule has 1 atom stereocenters. The molecule has 1 aromatic carbocycles. The Bertz CT molecular complexity index is 644. The lowest BCUT2D eigenvalue weighted by molar-refractivity contribution is -0.147. The Morgan fingerprint density at radius 3 is 2.81 bits per heavy atom. The number of carbonyl (C=O) groups excluding carboxylic acids is 1. The molecule has 0 aliphatic rings. The van der Waals surface area contributed by atoms with Crippen molar-refractivity contribution in [3.05, 3.63) is 51.7 Å². The molecule has 1 unspecified atom stereocenters. The molecule has 0 radical (unpaired) electrons. The number of carbonyl (C=O) groups is 1. The van der Waals surface area contributed by atoms with Crippen LogP contribution in [0.1, 0.15) is 16.3 Å². The second-order valence-corrected chi connectivity index (χ2v) is 5.89. The van der Waals surface area contributed by atoms with E-state index in [4.69, 9.17) is 10.5 Å². The molecule has 4 nitrogen and oxygen atoms in total. The molecule has 0 aliphatic heterocycles. The van der Waals surface area contributed by atoms with Gasteiger partial charge in [-0.15, -0.1) is 11.3 Å². The smallest absolute Gasteiger partial charge is 0.317 e. The number of hydrogen-bond donors (Lipinski definition) is 1. The van der Waals surface area contributed by atoms with Crippen molar-refractivity contribution in [3.63, 3.8) is 0 Å². The van der Waals surface area contributed by atoms with E-state index in [2.05, 4.69) is 4.98 Å². The van der Waals surface area contributed by atoms with Crippen LogP contribution in [-0.2, 0) is 21.4 Å². The molecule has 0 fully saturated rings. The summed E-state index contributed by atoms with van der Waals surface area (Å²) in [6.07, 6.45) is 0.282. The standard InChI is InChI=1S/C15H17FN2O2S/c1-10-18-13(8-21-10)7-15(9-17,14(19)20-2)11-4-3-5-12(16)6-11/h3-6,8H,7,9,17H2,1-2H3. The zero-order valence-corrected chi connectivity index (χ0v) is 12.7. The summed E-state index contributed by atoms with van der Waals surface area (Å²) in [5.74, 6) is -0.898. The van der Waals surface area contributed by atoms with Crippen LogP contribution in [0.15, 0.2) is 29.6 Å². The van der Waals surface area contributed by atoms with Crippen LogP contribution in [0.2, 0.25) is 0 Å². The van der Waals surface area contributed by atoms with Crippen LogP contribution in [0.3, 0.4) is 0 Å². The third-order valence-electron chi connectivity index (χ3n) is 3.45. The van der Waals surface area contributed by atoms with Crippen LogP contribution in [0.25, 0.3) is 0 Å². The molecule has 0 bridgehead atoms. The number of nitrogens with two attached hydrogens (primary N) is 1. The van der Waals surface area contributed by atoms with Crippen molar-refractivity contribution in [2.45, 2.75) is 18.8 Å². The van der Waals surface area contributed by atoms with Gasteiger partial charge in [0.2, 0.25) is 0 Å². The van der Waals surface area contributed by atoms with E-state index < -0.39 is 17.2 Å². The summed E-state index contributed by atoms with van der Waals surface area (Å²) in [4.78, 5) is 16.7. The van der Waals surface area contributed by atoms with Gasteiger partial charge in [0.25, 0.3) is 0 Å². The zero-order chi connectivity index (χ0) is 15.5. The third kappa shape index (κ3) is 3.11. The fourth-order valence-corrected chi connectivity index (χ4v) is 2.96. The Morgan fingerprint density at radius 1 is 1.52 bits per heavy atom. The lowest BCUT2D eigenvalue weighted by Crippen LogP contribution is -2.46. The van der Waals surface area contributed by atoms with Gasteiger partial charge in [0, 0.05) is 18.3 Å². The predicted molar refractivity (Wildman–Crippen MR) is 79.7 cm³/mol. The highest BCUT2D eigenvalue weighted by atomic mass is 32.1. The highest BCUT2D eigenvalue weighted by Crippen LogP contribution is 2.30. The van der Waals surface area contributed by atoms with Gasteiger partial charge in [-0.2, -0.15) is 0 Å². The molecule has 2 rings (SSSR count). The molecular formula is C15H17FN2O2S. The maximum atomic E-state index is 13.5. The average Bonchev–Trinajstić information content (AvgIpc) is 2.89. The number of esters is 1. The van der Waals surface area contributed by atoms with Crippen molar-refractivity contribution in [1.82, 2.24) is 4.98 Å². The molecule has 1 heterocycles. The Morgan fingerprint density at radius 2 is 2.29 bits per heavy atom. The van der Waals surface area contributed by atoms with E-state index in [9.17, 15) is 9.18 Å². The Balaban J connectivity index is 2.50. The van der Waals surface area contributed by atoms with Crippen molar-refractivity contribution in [3.8, 4) is 0 Å². The molecule has 6 heteroatoms. The number of aromatic nitrogens is 1. The van der Waals surface area contributed by atoms with Crippen LogP contribution < -0.4 is 5.73 Å². The lowest BCUT2D eigenvalue weighted by Gasteiger charge is -2.29. The maximum absolute atomic E-state index is 13.5. The summed E-state index contributed by atoms with van der Waals surface area (Å²) in [7, 11) is 1.30. The molecule has 2 aromatic rings. The average molecular weight is 308 g/mol. The topological polar surface area (TPSA) is 65.2 Å². The Hall–Kier alpha value is -1.79. The number of thiazole rings is 1. The molecular weight excluding hydrogens is 291 g/mol. The second-order valence-electron chi connectivity index (χ2n) is 4.82. The first-order valence-corrected chi connectivity index (χ1v) is 7.35. The highest BCUT2D eigenvalue weighted by Gasteiger charge is 2.41. The first kappa shape index (κ1) is 15.6. The van der Waals surface area contributed by atoms with Gasteiger partial charge in [-0.1, -0.05) is 12.1 Å². The number of rotatable bonds is 5. The monoisotopic (exact) mass is 308 g/mol. The van der Waals surface area contributed by atoms with Crippen LogP contribution in [0.4, 0.5) is 4.39 Å². The Labute approximate surface area is 126 Å². The maximum Gasteiger partial charge on any atom is 0.317 e. The number of halogens is 1. The number of benzene rings is 1. The van der Waals surface area contributed by atoms with Crippen LogP contribution in [0, 0.1) is 12.7 Å². The first-order chi connectivity index (χ1) is 10.0. The van der Waals surface area contributed by atoms with Crippen LogP contribution in [0.5, 0.6) is 0 Å². The molecule has 0 aliphatic carbocycles. The fraction of sp³-hybridized carbons (Fsp3) is 0.333. The van der Waals surface area contributed by atoms with Gasteiger partial charge in [0.05, 0.1) is 17.8 Å². The van der Waals surface area contributed by atoms with Gasteiger partial charge in [-0.3, -0.25) is 4.79 Å². The van der Waals surface area contributed by atoms with Gasteiger partial charge < -0.3 is 10.5 Å². The van der Waals surface area contributed by atoms with E-state index >= 15 is 0 Å². The third-order valence-corrected chi connectivity index (χ3v) is 4.27. The molecule has 0 saturated heterocycles. The highest BCUT2D eigenvalue weighted by molar-refractivity contribution is 7.09. The van der Waals surface area contributed by atoms with E-state index in [1.54, 1.807) is 12.1 Å². The Kier molecular flexibility index (Phi) is 4.69. The SMILES string of the molecule is COC(=O)C(CN)(Cc1csc(C)n1)c1cccc(F)c1. The molecule has 0 amide bonds. The summed E-state index contributed by atoms with van der Waals surface area (Å²) in [6, 6.07) is 5.90. The van der Waals surface area contributed by atoms with E-state index in [-0.39, 0.29) is 13.0 Å². The van der Waals surface area contributed by atoms with Gasteiger partial charge in [0.15, 0.2) is 0 Å².